The summed E-state index contributed by atoms with van der Waals surface area (Å²) in [5.74, 6) is -0.432. The van der Waals surface area contributed by atoms with Crippen molar-refractivity contribution in [3.8, 4) is 0 Å². The summed E-state index contributed by atoms with van der Waals surface area (Å²) < 4.78 is 25.0. The second-order valence-corrected chi connectivity index (χ2v) is 7.73. The molecule has 0 aliphatic heterocycles. The normalized spacial score (nSPS) is 11.4. The lowest BCUT2D eigenvalue weighted by Gasteiger charge is -2.14. The Morgan fingerprint density at radius 3 is 2.30 bits per heavy atom. The second kappa shape index (κ2) is 8.38. The molecule has 1 N–H and O–H groups in total. The predicted molar refractivity (Wildman–Crippen MR) is 98.5 cm³/mol. The van der Waals surface area contributed by atoms with Crippen LogP contribution >= 0.6 is 0 Å². The second-order valence-electron chi connectivity index (χ2n) is 5.80. The molecule has 0 spiro atoms. The van der Waals surface area contributed by atoms with Gasteiger partial charge in [0.15, 0.2) is 5.78 Å². The minimum Gasteiger partial charge on any atom is -0.346 e. The SMILES string of the molecule is CON(C)S(=O)(=O)c1ccc(C(=O)NCc2ccc(C(C)=O)c(C)n2)cc1. The number of nitrogens with one attached hydrogen (secondary N) is 1. The zero-order valence-electron chi connectivity index (χ0n) is 15.5. The summed E-state index contributed by atoms with van der Waals surface area (Å²) in [5, 5.41) is 2.71. The molecule has 1 aromatic carbocycles. The van der Waals surface area contributed by atoms with Crippen LogP contribution in [-0.4, -0.2) is 43.7 Å². The molecule has 27 heavy (non-hydrogen) atoms. The van der Waals surface area contributed by atoms with Crippen LogP contribution in [-0.2, 0) is 21.4 Å². The van der Waals surface area contributed by atoms with E-state index < -0.39 is 10.0 Å². The van der Waals surface area contributed by atoms with Gasteiger partial charge in [0.2, 0.25) is 0 Å². The number of Topliss-reactive ketones (excluding diaryl/α,β-unsaturated/α-hetero) is 1. The fourth-order valence-corrected chi connectivity index (χ4v) is 3.35. The van der Waals surface area contributed by atoms with Crippen LogP contribution in [0.1, 0.15) is 39.0 Å². The first-order chi connectivity index (χ1) is 12.7. The fourth-order valence-electron chi connectivity index (χ4n) is 2.38. The summed E-state index contributed by atoms with van der Waals surface area (Å²) in [4.78, 5) is 32.7. The minimum atomic E-state index is -3.76. The molecular formula is C18H21N3O5S. The van der Waals surface area contributed by atoms with E-state index in [0.29, 0.717) is 22.5 Å². The Labute approximate surface area is 158 Å². The fraction of sp³-hybridized carbons (Fsp3) is 0.278. The zero-order chi connectivity index (χ0) is 20.2. The van der Waals surface area contributed by atoms with Gasteiger partial charge in [-0.1, -0.05) is 4.47 Å². The summed E-state index contributed by atoms with van der Waals surface area (Å²) in [6.45, 7) is 3.39. The Morgan fingerprint density at radius 1 is 1.15 bits per heavy atom. The number of hydrogen-bond donors (Lipinski definition) is 1. The average molecular weight is 391 g/mol. The van der Waals surface area contributed by atoms with Crippen molar-refractivity contribution in [1.82, 2.24) is 14.8 Å². The maximum absolute atomic E-state index is 12.3. The molecule has 0 saturated carbocycles. The Morgan fingerprint density at radius 2 is 1.78 bits per heavy atom. The van der Waals surface area contributed by atoms with Gasteiger partial charge in [-0.3, -0.25) is 19.4 Å². The maximum atomic E-state index is 12.3. The van der Waals surface area contributed by atoms with Crippen LogP contribution in [0.25, 0.3) is 0 Å². The van der Waals surface area contributed by atoms with Gasteiger partial charge in [0, 0.05) is 23.9 Å². The number of rotatable bonds is 7. The largest absolute Gasteiger partial charge is 0.346 e. The standard InChI is InChI=1S/C18H21N3O5S/c1-12-17(13(2)22)10-7-15(20-12)11-19-18(23)14-5-8-16(9-6-14)27(24,25)21(3)26-4/h5-10H,11H2,1-4H3,(H,19,23). The van der Waals surface area contributed by atoms with Gasteiger partial charge in [0.1, 0.15) is 0 Å². The van der Waals surface area contributed by atoms with Gasteiger partial charge >= 0.3 is 0 Å². The average Bonchev–Trinajstić information content (AvgIpc) is 2.65. The molecule has 2 aromatic rings. The number of hydrogen-bond acceptors (Lipinski definition) is 6. The van der Waals surface area contributed by atoms with Gasteiger partial charge < -0.3 is 5.32 Å². The number of carbonyl (C=O) groups is 2. The molecule has 0 fully saturated rings. The molecule has 0 unspecified atom stereocenters. The Balaban J connectivity index is 2.07. The topological polar surface area (TPSA) is 106 Å². The van der Waals surface area contributed by atoms with Crippen molar-refractivity contribution in [1.29, 1.82) is 0 Å². The molecule has 0 aliphatic rings. The van der Waals surface area contributed by atoms with E-state index in [1.165, 1.54) is 45.3 Å². The molecule has 0 atom stereocenters. The van der Waals surface area contributed by atoms with Crippen molar-refractivity contribution in [2.75, 3.05) is 14.2 Å². The molecule has 0 saturated heterocycles. The van der Waals surface area contributed by atoms with Gasteiger partial charge in [0.25, 0.3) is 15.9 Å². The monoisotopic (exact) mass is 391 g/mol. The molecule has 9 heteroatoms. The van der Waals surface area contributed by atoms with E-state index in [9.17, 15) is 18.0 Å². The number of pyridine rings is 1. The molecule has 1 amide bonds. The minimum absolute atomic E-state index is 0.0144. The number of benzene rings is 1. The van der Waals surface area contributed by atoms with Crippen molar-refractivity contribution in [2.24, 2.45) is 0 Å². The van der Waals surface area contributed by atoms with Crippen LogP contribution in [0.2, 0.25) is 0 Å². The highest BCUT2D eigenvalue weighted by Crippen LogP contribution is 2.15. The van der Waals surface area contributed by atoms with Crippen molar-refractivity contribution >= 4 is 21.7 Å². The van der Waals surface area contributed by atoms with Crippen LogP contribution < -0.4 is 5.32 Å². The van der Waals surface area contributed by atoms with E-state index in [2.05, 4.69) is 10.3 Å². The van der Waals surface area contributed by atoms with Crippen LogP contribution in [0.5, 0.6) is 0 Å². The van der Waals surface area contributed by atoms with E-state index in [4.69, 9.17) is 4.84 Å². The highest BCUT2D eigenvalue weighted by atomic mass is 32.2. The van der Waals surface area contributed by atoms with Crippen LogP contribution in [0.4, 0.5) is 0 Å². The summed E-state index contributed by atoms with van der Waals surface area (Å²) in [7, 11) is -1.23. The third-order valence-corrected chi connectivity index (χ3v) is 5.66. The molecule has 1 aromatic heterocycles. The number of aryl methyl sites for hydroxylation is 1. The first-order valence-corrected chi connectivity index (χ1v) is 9.49. The maximum Gasteiger partial charge on any atom is 0.264 e. The van der Waals surface area contributed by atoms with Crippen LogP contribution in [0, 0.1) is 6.92 Å². The molecule has 144 valence electrons. The summed E-state index contributed by atoms with van der Waals surface area (Å²) >= 11 is 0. The van der Waals surface area contributed by atoms with Crippen molar-refractivity contribution in [3.63, 3.8) is 0 Å². The number of aromatic nitrogens is 1. The first-order valence-electron chi connectivity index (χ1n) is 8.05. The summed E-state index contributed by atoms with van der Waals surface area (Å²) in [5.41, 5.74) is 2.08. The number of nitrogens with zero attached hydrogens (tertiary/aromatic N) is 2. The highest BCUT2D eigenvalue weighted by Gasteiger charge is 2.21. The third kappa shape index (κ3) is 4.76. The smallest absolute Gasteiger partial charge is 0.264 e. The van der Waals surface area contributed by atoms with E-state index >= 15 is 0 Å². The first kappa shape index (κ1) is 20.7. The Kier molecular flexibility index (Phi) is 6.42. The van der Waals surface area contributed by atoms with Gasteiger partial charge in [-0.15, -0.1) is 0 Å². The van der Waals surface area contributed by atoms with E-state index in [1.54, 1.807) is 19.1 Å². The molecule has 0 radical (unpaired) electrons. The van der Waals surface area contributed by atoms with Crippen molar-refractivity contribution < 1.29 is 22.8 Å². The lowest BCUT2D eigenvalue weighted by atomic mass is 10.1. The van der Waals surface area contributed by atoms with Crippen molar-refractivity contribution in [2.45, 2.75) is 25.3 Å². The van der Waals surface area contributed by atoms with Gasteiger partial charge in [-0.25, -0.2) is 8.42 Å². The van der Waals surface area contributed by atoms with Crippen LogP contribution in [0.3, 0.4) is 0 Å². The van der Waals surface area contributed by atoms with E-state index in [-0.39, 0.29) is 23.1 Å². The van der Waals surface area contributed by atoms with Crippen LogP contribution in [0.15, 0.2) is 41.3 Å². The number of sulfonamides is 1. The summed E-state index contributed by atoms with van der Waals surface area (Å²) in [6.07, 6.45) is 0. The van der Waals surface area contributed by atoms with E-state index in [1.807, 2.05) is 0 Å². The summed E-state index contributed by atoms with van der Waals surface area (Å²) in [6, 6.07) is 8.87. The molecule has 8 nitrogen and oxygen atoms in total. The molecule has 0 bridgehead atoms. The molecule has 2 rings (SSSR count). The zero-order valence-corrected chi connectivity index (χ0v) is 16.3. The molecular weight excluding hydrogens is 370 g/mol. The van der Waals surface area contributed by atoms with E-state index in [0.717, 1.165) is 4.47 Å². The Hall–Kier alpha value is -2.62. The number of amides is 1. The molecule has 0 aliphatic carbocycles. The quantitative estimate of drug-likeness (QED) is 0.569. The highest BCUT2D eigenvalue weighted by molar-refractivity contribution is 7.89. The molecule has 1 heterocycles. The van der Waals surface area contributed by atoms with Gasteiger partial charge in [-0.05, 0) is 50.2 Å². The van der Waals surface area contributed by atoms with Gasteiger partial charge in [0.05, 0.1) is 24.2 Å². The lowest BCUT2D eigenvalue weighted by molar-refractivity contribution is -0.0258. The lowest BCUT2D eigenvalue weighted by Crippen LogP contribution is -2.26. The Bertz CT molecular complexity index is 955. The van der Waals surface area contributed by atoms with Crippen molar-refractivity contribution in [3.05, 3.63) is 58.9 Å². The van der Waals surface area contributed by atoms with Gasteiger partial charge in [-0.2, -0.15) is 0 Å². The number of ketones is 1. The number of carbonyl (C=O) groups excluding carboxylic acids is 2. The number of hydroxylamine groups is 1. The predicted octanol–water partition coefficient (Wildman–Crippen LogP) is 1.70. The third-order valence-electron chi connectivity index (χ3n) is 3.96.